The zero-order chi connectivity index (χ0) is 18.4. The second-order valence-electron chi connectivity index (χ2n) is 5.79. The Hall–Kier alpha value is -3.24. The normalized spacial score (nSPS) is 11.6. The number of ketones is 1. The Morgan fingerprint density at radius 3 is 1.92 bits per heavy atom. The van der Waals surface area contributed by atoms with Crippen molar-refractivity contribution in [3.8, 4) is 11.1 Å². The SMILES string of the molecule is O=C(COC(=O)C(O)c1ccccc1)c1ccc(-c2ccccc2)cc1. The molecule has 3 rings (SSSR count). The minimum absolute atomic E-state index is 0.321. The number of hydrogen-bond acceptors (Lipinski definition) is 4. The van der Waals surface area contributed by atoms with Crippen LogP contribution in [0.4, 0.5) is 0 Å². The number of aliphatic hydroxyl groups excluding tert-OH is 1. The van der Waals surface area contributed by atoms with Gasteiger partial charge in [0.2, 0.25) is 0 Å². The van der Waals surface area contributed by atoms with E-state index in [2.05, 4.69) is 0 Å². The Kier molecular flexibility index (Phi) is 5.56. The van der Waals surface area contributed by atoms with E-state index in [0.29, 0.717) is 11.1 Å². The number of ether oxygens (including phenoxy) is 1. The molecule has 0 aliphatic heterocycles. The van der Waals surface area contributed by atoms with Crippen molar-refractivity contribution in [1.29, 1.82) is 0 Å². The number of carbonyl (C=O) groups excluding carboxylic acids is 2. The molecule has 1 unspecified atom stereocenters. The summed E-state index contributed by atoms with van der Waals surface area (Å²) in [5.74, 6) is -1.16. The standard InChI is InChI=1S/C22H18O4/c23-20(15-26-22(25)21(24)19-9-5-2-6-10-19)18-13-11-17(12-14-18)16-7-3-1-4-8-16/h1-14,21,24H,15H2. The van der Waals surface area contributed by atoms with Crippen molar-refractivity contribution in [2.45, 2.75) is 6.10 Å². The van der Waals surface area contributed by atoms with Crippen LogP contribution in [0.15, 0.2) is 84.9 Å². The van der Waals surface area contributed by atoms with E-state index in [1.54, 1.807) is 42.5 Å². The summed E-state index contributed by atoms with van der Waals surface area (Å²) in [7, 11) is 0. The highest BCUT2D eigenvalue weighted by Crippen LogP contribution is 2.19. The van der Waals surface area contributed by atoms with Crippen LogP contribution in [0.2, 0.25) is 0 Å². The van der Waals surface area contributed by atoms with E-state index >= 15 is 0 Å². The fraction of sp³-hybridized carbons (Fsp3) is 0.0909. The van der Waals surface area contributed by atoms with Crippen LogP contribution in [0.5, 0.6) is 0 Å². The van der Waals surface area contributed by atoms with Gasteiger partial charge >= 0.3 is 5.97 Å². The number of benzene rings is 3. The van der Waals surface area contributed by atoms with Gasteiger partial charge in [-0.15, -0.1) is 0 Å². The van der Waals surface area contributed by atoms with Crippen LogP contribution in [0.3, 0.4) is 0 Å². The maximum Gasteiger partial charge on any atom is 0.340 e. The topological polar surface area (TPSA) is 63.6 Å². The van der Waals surface area contributed by atoms with E-state index < -0.39 is 18.7 Å². The molecule has 0 amide bonds. The van der Waals surface area contributed by atoms with Gasteiger partial charge in [0.1, 0.15) is 0 Å². The second kappa shape index (κ2) is 8.23. The van der Waals surface area contributed by atoms with Crippen molar-refractivity contribution in [2.24, 2.45) is 0 Å². The van der Waals surface area contributed by atoms with Gasteiger partial charge in [-0.05, 0) is 16.7 Å². The molecule has 26 heavy (non-hydrogen) atoms. The van der Waals surface area contributed by atoms with Crippen LogP contribution in [0, 0.1) is 0 Å². The molecular weight excluding hydrogens is 328 g/mol. The van der Waals surface area contributed by atoms with E-state index in [-0.39, 0.29) is 5.78 Å². The first-order valence-electron chi connectivity index (χ1n) is 8.23. The van der Waals surface area contributed by atoms with Gasteiger partial charge < -0.3 is 9.84 Å². The van der Waals surface area contributed by atoms with Crippen molar-refractivity contribution in [2.75, 3.05) is 6.61 Å². The fourth-order valence-corrected chi connectivity index (χ4v) is 2.55. The molecule has 0 aliphatic rings. The summed E-state index contributed by atoms with van der Waals surface area (Å²) in [4.78, 5) is 24.1. The molecule has 4 heteroatoms. The third-order valence-electron chi connectivity index (χ3n) is 4.00. The number of hydrogen-bond donors (Lipinski definition) is 1. The summed E-state index contributed by atoms with van der Waals surface area (Å²) < 4.78 is 4.95. The quantitative estimate of drug-likeness (QED) is 0.544. The van der Waals surface area contributed by atoms with Crippen LogP contribution in [-0.4, -0.2) is 23.5 Å². The molecule has 0 aromatic heterocycles. The lowest BCUT2D eigenvalue weighted by Gasteiger charge is -2.10. The zero-order valence-electron chi connectivity index (χ0n) is 14.0. The van der Waals surface area contributed by atoms with Crippen LogP contribution in [0.1, 0.15) is 22.0 Å². The predicted molar refractivity (Wildman–Crippen MR) is 98.6 cm³/mol. The molecule has 4 nitrogen and oxygen atoms in total. The number of rotatable bonds is 6. The van der Waals surface area contributed by atoms with Crippen LogP contribution < -0.4 is 0 Å². The lowest BCUT2D eigenvalue weighted by molar-refractivity contribution is -0.152. The maximum absolute atomic E-state index is 12.2. The third kappa shape index (κ3) is 4.23. The largest absolute Gasteiger partial charge is 0.455 e. The van der Waals surface area contributed by atoms with Gasteiger partial charge in [0.05, 0.1) is 0 Å². The number of Topliss-reactive ketones (excluding diaryl/α,β-unsaturated/α-hetero) is 1. The summed E-state index contributed by atoms with van der Waals surface area (Å²) in [6, 6.07) is 25.4. The third-order valence-corrected chi connectivity index (χ3v) is 4.00. The average Bonchev–Trinajstić information content (AvgIpc) is 2.72. The molecule has 0 bridgehead atoms. The number of carbonyl (C=O) groups is 2. The van der Waals surface area contributed by atoms with Gasteiger partial charge in [0, 0.05) is 5.56 Å². The van der Waals surface area contributed by atoms with Gasteiger partial charge in [0.25, 0.3) is 0 Å². The summed E-state index contributed by atoms with van der Waals surface area (Å²) in [5.41, 5.74) is 2.94. The highest BCUT2D eigenvalue weighted by molar-refractivity contribution is 5.98. The minimum Gasteiger partial charge on any atom is -0.455 e. The molecule has 0 spiro atoms. The Morgan fingerprint density at radius 1 is 0.769 bits per heavy atom. The lowest BCUT2D eigenvalue weighted by Crippen LogP contribution is -2.20. The molecule has 0 aliphatic carbocycles. The van der Waals surface area contributed by atoms with Crippen molar-refractivity contribution < 1.29 is 19.4 Å². The summed E-state index contributed by atoms with van der Waals surface area (Å²) in [6.07, 6.45) is -1.40. The number of esters is 1. The first-order valence-corrected chi connectivity index (χ1v) is 8.23. The Bertz CT molecular complexity index is 871. The molecule has 3 aromatic carbocycles. The minimum atomic E-state index is -1.40. The number of aliphatic hydroxyl groups is 1. The molecule has 0 saturated carbocycles. The molecular formula is C22H18O4. The Balaban J connectivity index is 1.59. The average molecular weight is 346 g/mol. The van der Waals surface area contributed by atoms with Crippen LogP contribution in [0.25, 0.3) is 11.1 Å². The molecule has 130 valence electrons. The van der Waals surface area contributed by atoms with Gasteiger partial charge in [-0.2, -0.15) is 0 Å². The molecule has 0 saturated heterocycles. The van der Waals surface area contributed by atoms with Crippen molar-refractivity contribution >= 4 is 11.8 Å². The van der Waals surface area contributed by atoms with E-state index in [1.165, 1.54) is 0 Å². The molecule has 0 heterocycles. The monoisotopic (exact) mass is 346 g/mol. The molecule has 0 fully saturated rings. The van der Waals surface area contributed by atoms with Gasteiger partial charge in [-0.1, -0.05) is 84.9 Å². The summed E-state index contributed by atoms with van der Waals surface area (Å²) in [6.45, 7) is -0.409. The van der Waals surface area contributed by atoms with Gasteiger partial charge in [-0.25, -0.2) is 4.79 Å². The molecule has 1 atom stereocenters. The van der Waals surface area contributed by atoms with E-state index in [0.717, 1.165) is 11.1 Å². The highest BCUT2D eigenvalue weighted by Gasteiger charge is 2.20. The van der Waals surface area contributed by atoms with E-state index in [4.69, 9.17) is 4.74 Å². The van der Waals surface area contributed by atoms with E-state index in [9.17, 15) is 14.7 Å². The highest BCUT2D eigenvalue weighted by atomic mass is 16.5. The smallest absolute Gasteiger partial charge is 0.340 e. The summed E-state index contributed by atoms with van der Waals surface area (Å²) >= 11 is 0. The van der Waals surface area contributed by atoms with Crippen molar-refractivity contribution in [3.63, 3.8) is 0 Å². The van der Waals surface area contributed by atoms with E-state index in [1.807, 2.05) is 42.5 Å². The Labute approximate surface area is 151 Å². The molecule has 1 N–H and O–H groups in total. The van der Waals surface area contributed by atoms with Crippen molar-refractivity contribution in [1.82, 2.24) is 0 Å². The molecule has 0 radical (unpaired) electrons. The Morgan fingerprint density at radius 2 is 1.31 bits per heavy atom. The van der Waals surface area contributed by atoms with Crippen molar-refractivity contribution in [3.05, 3.63) is 96.1 Å². The summed E-state index contributed by atoms with van der Waals surface area (Å²) in [5, 5.41) is 9.95. The lowest BCUT2D eigenvalue weighted by atomic mass is 10.0. The van der Waals surface area contributed by atoms with Crippen LogP contribution in [-0.2, 0) is 9.53 Å². The fourth-order valence-electron chi connectivity index (χ4n) is 2.55. The first-order chi connectivity index (χ1) is 12.6. The van der Waals surface area contributed by atoms with Gasteiger partial charge in [-0.3, -0.25) is 4.79 Å². The van der Waals surface area contributed by atoms with Crippen LogP contribution >= 0.6 is 0 Å². The second-order valence-corrected chi connectivity index (χ2v) is 5.79. The maximum atomic E-state index is 12.2. The molecule has 3 aromatic rings. The first kappa shape index (κ1) is 17.6. The predicted octanol–water partition coefficient (Wildman–Crippen LogP) is 3.81. The zero-order valence-corrected chi connectivity index (χ0v) is 14.0. The van der Waals surface area contributed by atoms with Gasteiger partial charge in [0.15, 0.2) is 18.5 Å².